The van der Waals surface area contributed by atoms with Crippen LogP contribution in [-0.2, 0) is 14.6 Å². The molecular weight excluding hydrogens is 382 g/mol. The zero-order valence-electron chi connectivity index (χ0n) is 9.92. The highest BCUT2D eigenvalue weighted by molar-refractivity contribution is 9.09. The van der Waals surface area contributed by atoms with Gasteiger partial charge in [0.05, 0.1) is 20.4 Å². The van der Waals surface area contributed by atoms with E-state index in [0.717, 1.165) is 0 Å². The van der Waals surface area contributed by atoms with E-state index in [0.29, 0.717) is 20.4 Å². The number of fused-ring (bicyclic) bond motifs is 1. The van der Waals surface area contributed by atoms with E-state index >= 15 is 0 Å². The molecule has 2 aliphatic heterocycles. The van der Waals surface area contributed by atoms with Gasteiger partial charge in [0.25, 0.3) is 5.91 Å². The van der Waals surface area contributed by atoms with Crippen molar-refractivity contribution < 1.29 is 13.2 Å². The van der Waals surface area contributed by atoms with E-state index in [2.05, 4.69) is 21.2 Å². The van der Waals surface area contributed by atoms with Crippen LogP contribution in [0.1, 0.15) is 5.56 Å². The largest absolute Gasteiger partial charge is 0.307 e. The Morgan fingerprint density at radius 3 is 2.70 bits per heavy atom. The molecule has 1 saturated heterocycles. The number of thiocarbonyl (C=S) groups is 1. The van der Waals surface area contributed by atoms with Crippen molar-refractivity contribution >= 4 is 65.5 Å². The number of alkyl halides is 1. The average molecular weight is 390 g/mol. The maximum Gasteiger partial charge on any atom is 0.263 e. The van der Waals surface area contributed by atoms with Gasteiger partial charge in [0.15, 0.2) is 9.84 Å². The van der Waals surface area contributed by atoms with E-state index in [9.17, 15) is 13.2 Å². The van der Waals surface area contributed by atoms with Gasteiger partial charge in [-0.15, -0.1) is 0 Å². The molecule has 4 nitrogen and oxygen atoms in total. The molecule has 1 aromatic carbocycles. The number of nitrogens with one attached hydrogen (secondary N) is 1. The molecule has 1 atom stereocenters. The Morgan fingerprint density at radius 1 is 1.35 bits per heavy atom. The molecule has 2 heterocycles. The number of carbonyl (C=O) groups is 1. The lowest BCUT2D eigenvalue weighted by molar-refractivity contribution is -0.115. The first-order chi connectivity index (χ1) is 9.40. The zero-order valence-corrected chi connectivity index (χ0v) is 14.0. The van der Waals surface area contributed by atoms with Crippen molar-refractivity contribution in [1.82, 2.24) is 5.32 Å². The predicted octanol–water partition coefficient (Wildman–Crippen LogP) is 2.10. The average Bonchev–Trinajstić information content (AvgIpc) is 2.68. The Labute approximate surface area is 134 Å². The van der Waals surface area contributed by atoms with Crippen LogP contribution in [-0.4, -0.2) is 29.2 Å². The van der Waals surface area contributed by atoms with Gasteiger partial charge < -0.3 is 5.32 Å². The third kappa shape index (κ3) is 2.24. The molecule has 104 valence electrons. The van der Waals surface area contributed by atoms with Crippen molar-refractivity contribution in [2.45, 2.75) is 9.72 Å². The summed E-state index contributed by atoms with van der Waals surface area (Å²) < 4.78 is 24.8. The summed E-state index contributed by atoms with van der Waals surface area (Å²) in [6.45, 7) is 0. The number of hydrogen-bond acceptors (Lipinski definition) is 5. The van der Waals surface area contributed by atoms with E-state index < -0.39 is 14.7 Å². The number of halogens is 1. The van der Waals surface area contributed by atoms with E-state index in [1.807, 2.05) is 0 Å². The molecule has 0 bridgehead atoms. The van der Waals surface area contributed by atoms with Crippen molar-refractivity contribution in [3.05, 3.63) is 34.7 Å². The standard InChI is InChI=1S/C12H8BrNO3S3/c13-7-5-20(16,17)8-4-2-1-3-6(8)9(7)10-11(15)14-12(18)19-10/h1-4,7H,5H2,(H,14,15,18). The van der Waals surface area contributed by atoms with Gasteiger partial charge in [0.2, 0.25) is 0 Å². The Bertz CT molecular complexity index is 770. The summed E-state index contributed by atoms with van der Waals surface area (Å²) in [6, 6.07) is 6.73. The van der Waals surface area contributed by atoms with Gasteiger partial charge in [0.1, 0.15) is 4.32 Å². The molecule has 20 heavy (non-hydrogen) atoms. The highest BCUT2D eigenvalue weighted by atomic mass is 79.9. The van der Waals surface area contributed by atoms with Crippen molar-refractivity contribution in [3.63, 3.8) is 0 Å². The number of rotatable bonds is 0. The summed E-state index contributed by atoms with van der Waals surface area (Å²) in [7, 11) is -3.34. The van der Waals surface area contributed by atoms with Gasteiger partial charge in [-0.05, 0) is 17.2 Å². The maximum atomic E-state index is 12.2. The number of amides is 1. The fourth-order valence-electron chi connectivity index (χ4n) is 2.25. The van der Waals surface area contributed by atoms with E-state index in [-0.39, 0.29) is 16.6 Å². The molecule has 1 amide bonds. The van der Waals surface area contributed by atoms with Crippen molar-refractivity contribution in [1.29, 1.82) is 0 Å². The van der Waals surface area contributed by atoms with E-state index in [1.54, 1.807) is 24.3 Å². The first-order valence-corrected chi connectivity index (χ1v) is 9.43. The van der Waals surface area contributed by atoms with Crippen LogP contribution in [0.2, 0.25) is 0 Å². The van der Waals surface area contributed by atoms with Gasteiger partial charge in [-0.3, -0.25) is 4.79 Å². The minimum absolute atomic E-state index is 0.0660. The molecule has 1 fully saturated rings. The normalized spacial score (nSPS) is 28.1. The van der Waals surface area contributed by atoms with Gasteiger partial charge in [-0.1, -0.05) is 58.1 Å². The molecule has 0 aliphatic carbocycles. The summed E-state index contributed by atoms with van der Waals surface area (Å²) in [5.41, 5.74) is 1.26. The SMILES string of the molecule is O=C1NC(=S)SC1=C1c2ccccc2S(=O)(=O)CC1Br. The molecule has 1 N–H and O–H groups in total. The molecule has 1 unspecified atom stereocenters. The molecule has 0 aromatic heterocycles. The quantitative estimate of drug-likeness (QED) is 0.418. The second kappa shape index (κ2) is 4.94. The predicted molar refractivity (Wildman–Crippen MR) is 86.5 cm³/mol. The number of benzene rings is 1. The second-order valence-electron chi connectivity index (χ2n) is 4.33. The minimum atomic E-state index is -3.34. The van der Waals surface area contributed by atoms with Crippen LogP contribution in [0.3, 0.4) is 0 Å². The maximum absolute atomic E-state index is 12.2. The fraction of sp³-hybridized carbons (Fsp3) is 0.167. The van der Waals surface area contributed by atoms with Crippen molar-refractivity contribution in [2.24, 2.45) is 0 Å². The number of hydrogen-bond donors (Lipinski definition) is 1. The van der Waals surface area contributed by atoms with Gasteiger partial charge in [0, 0.05) is 0 Å². The summed E-state index contributed by atoms with van der Waals surface area (Å²) in [5.74, 6) is -0.336. The molecule has 3 rings (SSSR count). The Hall–Kier alpha value is -0.700. The third-order valence-corrected chi connectivity index (χ3v) is 7.31. The first-order valence-electron chi connectivity index (χ1n) is 5.64. The van der Waals surface area contributed by atoms with Crippen LogP contribution >= 0.6 is 39.9 Å². The van der Waals surface area contributed by atoms with Crippen LogP contribution in [0.5, 0.6) is 0 Å². The van der Waals surface area contributed by atoms with Crippen molar-refractivity contribution in [3.8, 4) is 0 Å². The van der Waals surface area contributed by atoms with Crippen LogP contribution in [0, 0.1) is 0 Å². The van der Waals surface area contributed by atoms with E-state index in [4.69, 9.17) is 12.2 Å². The number of carbonyl (C=O) groups excluding carboxylic acids is 1. The lowest BCUT2D eigenvalue weighted by Gasteiger charge is -2.24. The fourth-order valence-corrected chi connectivity index (χ4v) is 6.63. The summed E-state index contributed by atoms with van der Waals surface area (Å²) >= 11 is 9.55. The lowest BCUT2D eigenvalue weighted by atomic mass is 10.0. The Kier molecular flexibility index (Phi) is 3.52. The number of allylic oxidation sites excluding steroid dienone is 1. The molecule has 1 aromatic rings. The minimum Gasteiger partial charge on any atom is -0.307 e. The van der Waals surface area contributed by atoms with Gasteiger partial charge in [-0.2, -0.15) is 0 Å². The zero-order chi connectivity index (χ0) is 14.5. The molecule has 2 aliphatic rings. The van der Waals surface area contributed by atoms with Gasteiger partial charge >= 0.3 is 0 Å². The van der Waals surface area contributed by atoms with Crippen LogP contribution < -0.4 is 5.32 Å². The van der Waals surface area contributed by atoms with Crippen LogP contribution in [0.15, 0.2) is 34.1 Å². The summed E-state index contributed by atoms with van der Waals surface area (Å²) in [5, 5.41) is 2.56. The van der Waals surface area contributed by atoms with E-state index in [1.165, 1.54) is 11.8 Å². The molecule has 8 heteroatoms. The Balaban J connectivity index is 2.30. The molecule has 0 spiro atoms. The topological polar surface area (TPSA) is 63.2 Å². The number of thioether (sulfide) groups is 1. The smallest absolute Gasteiger partial charge is 0.263 e. The highest BCUT2D eigenvalue weighted by Gasteiger charge is 2.37. The number of sulfone groups is 1. The molecule has 0 radical (unpaired) electrons. The van der Waals surface area contributed by atoms with Crippen LogP contribution in [0.25, 0.3) is 5.57 Å². The monoisotopic (exact) mass is 389 g/mol. The van der Waals surface area contributed by atoms with Crippen molar-refractivity contribution in [2.75, 3.05) is 5.75 Å². The highest BCUT2D eigenvalue weighted by Crippen LogP contribution is 2.42. The van der Waals surface area contributed by atoms with Gasteiger partial charge in [-0.25, -0.2) is 8.42 Å². The Morgan fingerprint density at radius 2 is 2.05 bits per heavy atom. The first kappa shape index (κ1) is 14.2. The lowest BCUT2D eigenvalue weighted by Crippen LogP contribution is -2.27. The molecular formula is C12H8BrNO3S3. The second-order valence-corrected chi connectivity index (χ2v) is 9.13. The summed E-state index contributed by atoms with van der Waals surface area (Å²) in [6.07, 6.45) is 0. The third-order valence-electron chi connectivity index (χ3n) is 3.05. The summed E-state index contributed by atoms with van der Waals surface area (Å²) in [4.78, 5) is 12.3. The molecule has 0 saturated carbocycles. The van der Waals surface area contributed by atoms with Crippen LogP contribution in [0.4, 0.5) is 0 Å².